The van der Waals surface area contributed by atoms with E-state index in [1.807, 2.05) is 23.9 Å². The molecule has 1 heterocycles. The van der Waals surface area contributed by atoms with Gasteiger partial charge in [-0.1, -0.05) is 0 Å². The third-order valence-corrected chi connectivity index (χ3v) is 2.63. The van der Waals surface area contributed by atoms with Gasteiger partial charge in [-0.3, -0.25) is 9.67 Å². The van der Waals surface area contributed by atoms with Crippen LogP contribution in [0.25, 0.3) is 0 Å². The van der Waals surface area contributed by atoms with Crippen LogP contribution in [0.2, 0.25) is 0 Å². The van der Waals surface area contributed by atoms with Gasteiger partial charge < -0.3 is 15.4 Å². The molecule has 20 heavy (non-hydrogen) atoms. The summed E-state index contributed by atoms with van der Waals surface area (Å²) in [4.78, 5) is 4.17. The lowest BCUT2D eigenvalue weighted by molar-refractivity contribution is 0.143. The Hall–Kier alpha value is -0.830. The molecule has 0 bridgehead atoms. The maximum Gasteiger partial charge on any atom is 0.191 e. The van der Waals surface area contributed by atoms with E-state index in [4.69, 9.17) is 4.74 Å². The summed E-state index contributed by atoms with van der Waals surface area (Å²) in [5.74, 6) is 0.837. The minimum atomic E-state index is 0. The zero-order chi connectivity index (χ0) is 13.8. The van der Waals surface area contributed by atoms with Crippen molar-refractivity contribution in [1.29, 1.82) is 0 Å². The average Bonchev–Trinajstić information content (AvgIpc) is 2.93. The molecule has 1 rings (SSSR count). The number of nitrogens with one attached hydrogen (secondary N) is 2. The molecule has 116 valence electrons. The van der Waals surface area contributed by atoms with Gasteiger partial charge in [0.05, 0.1) is 6.54 Å². The zero-order valence-corrected chi connectivity index (χ0v) is 14.7. The molecular formula is C13H26IN5O. The molecule has 0 aromatic carbocycles. The second-order valence-corrected chi connectivity index (χ2v) is 4.10. The molecule has 0 fully saturated rings. The van der Waals surface area contributed by atoms with Gasteiger partial charge in [-0.15, -0.1) is 24.0 Å². The smallest absolute Gasteiger partial charge is 0.191 e. The van der Waals surface area contributed by atoms with Crippen molar-refractivity contribution in [3.63, 3.8) is 0 Å². The van der Waals surface area contributed by atoms with Crippen molar-refractivity contribution in [2.24, 2.45) is 4.99 Å². The van der Waals surface area contributed by atoms with Crippen LogP contribution in [-0.4, -0.2) is 49.1 Å². The molecule has 0 spiro atoms. The quantitative estimate of drug-likeness (QED) is 0.288. The van der Waals surface area contributed by atoms with Crippen molar-refractivity contribution < 1.29 is 4.74 Å². The van der Waals surface area contributed by atoms with Gasteiger partial charge >= 0.3 is 0 Å². The van der Waals surface area contributed by atoms with Gasteiger partial charge in [0.25, 0.3) is 0 Å². The Morgan fingerprint density at radius 3 is 2.75 bits per heavy atom. The molecule has 0 aliphatic heterocycles. The number of hydrogen-bond donors (Lipinski definition) is 2. The van der Waals surface area contributed by atoms with E-state index in [1.165, 1.54) is 0 Å². The lowest BCUT2D eigenvalue weighted by Gasteiger charge is -2.11. The van der Waals surface area contributed by atoms with Gasteiger partial charge in [-0.05, 0) is 25.8 Å². The molecule has 0 atom stereocenters. The predicted octanol–water partition coefficient (Wildman–Crippen LogP) is 1.48. The maximum absolute atomic E-state index is 5.29. The number of hydrogen-bond acceptors (Lipinski definition) is 3. The monoisotopic (exact) mass is 395 g/mol. The Morgan fingerprint density at radius 1 is 1.30 bits per heavy atom. The van der Waals surface area contributed by atoms with Gasteiger partial charge in [-0.25, -0.2) is 0 Å². The number of aliphatic imine (C=N–C) groups is 1. The Morgan fingerprint density at radius 2 is 2.10 bits per heavy atom. The molecule has 1 aromatic heterocycles. The Labute approximate surface area is 138 Å². The van der Waals surface area contributed by atoms with Gasteiger partial charge in [0.15, 0.2) is 5.96 Å². The summed E-state index contributed by atoms with van der Waals surface area (Å²) in [5.41, 5.74) is 0. The second kappa shape index (κ2) is 13.2. The minimum absolute atomic E-state index is 0. The third-order valence-electron chi connectivity index (χ3n) is 2.63. The summed E-state index contributed by atoms with van der Waals surface area (Å²) in [7, 11) is 1.78. The van der Waals surface area contributed by atoms with Crippen LogP contribution in [0.15, 0.2) is 23.5 Å². The van der Waals surface area contributed by atoms with E-state index in [2.05, 4.69) is 20.7 Å². The Kier molecular flexibility index (Phi) is 12.6. The normalized spacial score (nSPS) is 11.0. The Balaban J connectivity index is 0.00000361. The van der Waals surface area contributed by atoms with E-state index in [1.54, 1.807) is 13.2 Å². The third kappa shape index (κ3) is 9.13. The summed E-state index contributed by atoms with van der Waals surface area (Å²) < 4.78 is 7.18. The van der Waals surface area contributed by atoms with Crippen LogP contribution in [0.5, 0.6) is 0 Å². The summed E-state index contributed by atoms with van der Waals surface area (Å²) in [6, 6.07) is 1.92. The van der Waals surface area contributed by atoms with Crippen LogP contribution < -0.4 is 10.6 Å². The number of aromatic nitrogens is 2. The fourth-order valence-electron chi connectivity index (χ4n) is 1.62. The number of rotatable bonds is 9. The number of ether oxygens (including phenoxy) is 1. The van der Waals surface area contributed by atoms with E-state index < -0.39 is 0 Å². The summed E-state index contributed by atoms with van der Waals surface area (Å²) in [6.07, 6.45) is 5.89. The maximum atomic E-state index is 5.29. The van der Waals surface area contributed by atoms with E-state index >= 15 is 0 Å². The highest BCUT2D eigenvalue weighted by Crippen LogP contribution is 1.88. The number of nitrogens with zero attached hydrogens (tertiary/aromatic N) is 3. The minimum Gasteiger partial charge on any atom is -0.382 e. The summed E-state index contributed by atoms with van der Waals surface area (Å²) in [6.45, 7) is 6.20. The molecule has 0 saturated heterocycles. The van der Waals surface area contributed by atoms with Crippen molar-refractivity contribution in [3.8, 4) is 0 Å². The van der Waals surface area contributed by atoms with Crippen molar-refractivity contribution in [3.05, 3.63) is 18.5 Å². The van der Waals surface area contributed by atoms with Gasteiger partial charge in [-0.2, -0.15) is 5.10 Å². The first-order valence-corrected chi connectivity index (χ1v) is 6.86. The molecule has 7 heteroatoms. The summed E-state index contributed by atoms with van der Waals surface area (Å²) in [5, 5.41) is 10.7. The van der Waals surface area contributed by atoms with Crippen LogP contribution in [0.3, 0.4) is 0 Å². The van der Waals surface area contributed by atoms with Gasteiger partial charge in [0, 0.05) is 45.7 Å². The molecule has 0 unspecified atom stereocenters. The largest absolute Gasteiger partial charge is 0.382 e. The van der Waals surface area contributed by atoms with Gasteiger partial charge in [0.1, 0.15) is 0 Å². The number of halogens is 1. The van der Waals surface area contributed by atoms with Crippen molar-refractivity contribution in [1.82, 2.24) is 20.4 Å². The lowest BCUT2D eigenvalue weighted by Crippen LogP contribution is -2.39. The SMILES string of the molecule is CCOCCCCNC(=NC)NCCn1cccn1.I. The first-order chi connectivity index (χ1) is 9.36. The second-order valence-electron chi connectivity index (χ2n) is 4.10. The lowest BCUT2D eigenvalue weighted by atomic mass is 10.3. The number of unbranched alkanes of at least 4 members (excludes halogenated alkanes) is 1. The first kappa shape index (κ1) is 19.2. The van der Waals surface area contributed by atoms with E-state index in [0.29, 0.717) is 0 Å². The highest BCUT2D eigenvalue weighted by atomic mass is 127. The topological polar surface area (TPSA) is 63.5 Å². The fourth-order valence-corrected chi connectivity index (χ4v) is 1.62. The van der Waals surface area contributed by atoms with Crippen molar-refractivity contribution in [2.75, 3.05) is 33.4 Å². The van der Waals surface area contributed by atoms with Crippen LogP contribution in [0, 0.1) is 0 Å². The van der Waals surface area contributed by atoms with E-state index in [-0.39, 0.29) is 24.0 Å². The zero-order valence-electron chi connectivity index (χ0n) is 12.3. The molecule has 0 amide bonds. The van der Waals surface area contributed by atoms with Crippen LogP contribution in [0.4, 0.5) is 0 Å². The van der Waals surface area contributed by atoms with Crippen molar-refractivity contribution in [2.45, 2.75) is 26.3 Å². The molecule has 0 saturated carbocycles. The molecule has 1 aromatic rings. The molecule has 0 aliphatic carbocycles. The van der Waals surface area contributed by atoms with Crippen LogP contribution in [-0.2, 0) is 11.3 Å². The van der Waals surface area contributed by atoms with Crippen molar-refractivity contribution >= 4 is 29.9 Å². The Bertz CT molecular complexity index is 343. The standard InChI is InChI=1S/C13H25N5O.HI/c1-3-19-12-5-4-7-15-13(14-2)16-9-11-18-10-6-8-17-18;/h6,8,10H,3-5,7,9,11-12H2,1-2H3,(H2,14,15,16);1H. The highest BCUT2D eigenvalue weighted by Gasteiger charge is 1.97. The molecule has 0 radical (unpaired) electrons. The number of guanidine groups is 1. The molecular weight excluding hydrogens is 369 g/mol. The predicted molar refractivity (Wildman–Crippen MR) is 92.7 cm³/mol. The van der Waals surface area contributed by atoms with Crippen LogP contribution >= 0.6 is 24.0 Å². The average molecular weight is 395 g/mol. The van der Waals surface area contributed by atoms with Gasteiger partial charge in [0.2, 0.25) is 0 Å². The first-order valence-electron chi connectivity index (χ1n) is 6.86. The van der Waals surface area contributed by atoms with E-state index in [9.17, 15) is 0 Å². The van der Waals surface area contributed by atoms with E-state index in [0.717, 1.165) is 51.6 Å². The summed E-state index contributed by atoms with van der Waals surface area (Å²) >= 11 is 0. The molecule has 6 nitrogen and oxygen atoms in total. The fraction of sp³-hybridized carbons (Fsp3) is 0.692. The molecule has 0 aliphatic rings. The highest BCUT2D eigenvalue weighted by molar-refractivity contribution is 14.0. The molecule has 2 N–H and O–H groups in total. The van der Waals surface area contributed by atoms with Crippen LogP contribution in [0.1, 0.15) is 19.8 Å².